The van der Waals surface area contributed by atoms with Crippen LogP contribution in [0.1, 0.15) is 31.3 Å². The molecule has 1 rings (SSSR count). The third-order valence-corrected chi connectivity index (χ3v) is 1.62. The van der Waals surface area contributed by atoms with Gasteiger partial charge in [0.1, 0.15) is 11.3 Å². The number of hydrogen-bond donors (Lipinski definition) is 3. The van der Waals surface area contributed by atoms with Crippen molar-refractivity contribution in [3.63, 3.8) is 0 Å². The van der Waals surface area contributed by atoms with Gasteiger partial charge < -0.3 is 19.8 Å². The molecule has 82 valence electrons. The number of esters is 1. The maximum absolute atomic E-state index is 11.5. The normalized spacial score (nSPS) is 11.3. The van der Waals surface area contributed by atoms with Crippen LogP contribution in [0.25, 0.3) is 0 Å². The zero-order valence-corrected chi connectivity index (χ0v) is 8.94. The molecule has 0 bridgehead atoms. The van der Waals surface area contributed by atoms with Crippen molar-refractivity contribution in [2.75, 3.05) is 0 Å². The number of carbonyl (C=O) groups is 1. The van der Waals surface area contributed by atoms with Gasteiger partial charge in [0.15, 0.2) is 0 Å². The van der Waals surface area contributed by atoms with Crippen molar-refractivity contribution in [1.29, 1.82) is 0 Å². The molecule has 0 atom stereocenters. The lowest BCUT2D eigenvalue weighted by Gasteiger charge is -2.18. The van der Waals surface area contributed by atoms with E-state index in [0.717, 1.165) is 0 Å². The van der Waals surface area contributed by atoms with E-state index in [1.165, 1.54) is 12.3 Å². The lowest BCUT2D eigenvalue weighted by molar-refractivity contribution is 0.00636. The minimum Gasteiger partial charge on any atom is -0.455 e. The van der Waals surface area contributed by atoms with Crippen molar-refractivity contribution < 1.29 is 19.6 Å². The summed E-state index contributed by atoms with van der Waals surface area (Å²) < 4.78 is 5.08. The molecule has 1 aromatic rings. The first-order chi connectivity index (χ1) is 6.79. The van der Waals surface area contributed by atoms with Crippen LogP contribution in [0.5, 0.6) is 0 Å². The van der Waals surface area contributed by atoms with E-state index in [1.807, 2.05) is 0 Å². The van der Waals surface area contributed by atoms with E-state index in [2.05, 4.69) is 4.98 Å². The Balaban J connectivity index is 2.75. The first-order valence-electron chi connectivity index (χ1n) is 4.57. The van der Waals surface area contributed by atoms with Gasteiger partial charge in [-0.1, -0.05) is 0 Å². The summed E-state index contributed by atoms with van der Waals surface area (Å²) in [6, 6.07) is 1.35. The van der Waals surface area contributed by atoms with Gasteiger partial charge in [-0.2, -0.15) is 0 Å². The molecule has 0 amide bonds. The second kappa shape index (κ2) is 4.08. The largest absolute Gasteiger partial charge is 0.490 e. The highest BCUT2D eigenvalue weighted by Gasteiger charge is 2.21. The number of nitrogens with one attached hydrogen (secondary N) is 1. The van der Waals surface area contributed by atoms with Crippen LogP contribution in [-0.4, -0.2) is 33.7 Å². The number of rotatable bonds is 2. The summed E-state index contributed by atoms with van der Waals surface area (Å²) in [6.07, 6.45) is 1.35. The highest BCUT2D eigenvalue weighted by Crippen LogP contribution is 2.10. The molecule has 3 N–H and O–H groups in total. The molecule has 15 heavy (non-hydrogen) atoms. The molecule has 0 aliphatic carbocycles. The third-order valence-electron chi connectivity index (χ3n) is 1.62. The zero-order valence-electron chi connectivity index (χ0n) is 8.94. The summed E-state index contributed by atoms with van der Waals surface area (Å²) in [7, 11) is -1.59. The van der Waals surface area contributed by atoms with E-state index >= 15 is 0 Å². The molecule has 0 aliphatic heterocycles. The number of carbonyl (C=O) groups excluding carboxylic acids is 1. The predicted molar refractivity (Wildman–Crippen MR) is 55.8 cm³/mol. The van der Waals surface area contributed by atoms with E-state index < -0.39 is 18.7 Å². The molecule has 0 fully saturated rings. The Hall–Kier alpha value is -1.27. The fourth-order valence-electron chi connectivity index (χ4n) is 1.01. The van der Waals surface area contributed by atoms with Gasteiger partial charge in [-0.15, -0.1) is 0 Å². The smallest absolute Gasteiger partial charge is 0.455 e. The standard InChI is InChI=1S/C9H14BNO4/c1-9(2,3)15-8(12)7-4-6(5-11-7)10(13)14/h4-5,11,13-14H,1-3H3. The average Bonchev–Trinajstić information content (AvgIpc) is 2.47. The van der Waals surface area contributed by atoms with Crippen molar-refractivity contribution in [2.45, 2.75) is 26.4 Å². The van der Waals surface area contributed by atoms with Gasteiger partial charge in [-0.3, -0.25) is 0 Å². The molecule has 1 aromatic heterocycles. The van der Waals surface area contributed by atoms with Crippen LogP contribution in [0.3, 0.4) is 0 Å². The molecule has 5 nitrogen and oxygen atoms in total. The molecule has 0 radical (unpaired) electrons. The van der Waals surface area contributed by atoms with Gasteiger partial charge in [0.05, 0.1) is 0 Å². The van der Waals surface area contributed by atoms with Gasteiger partial charge >= 0.3 is 13.1 Å². The van der Waals surface area contributed by atoms with Crippen molar-refractivity contribution in [2.24, 2.45) is 0 Å². The van der Waals surface area contributed by atoms with Crippen LogP contribution in [0, 0.1) is 0 Å². The van der Waals surface area contributed by atoms with Gasteiger partial charge in [-0.25, -0.2) is 4.79 Å². The van der Waals surface area contributed by atoms with Gasteiger partial charge in [-0.05, 0) is 26.8 Å². The lowest BCUT2D eigenvalue weighted by atomic mass is 9.82. The second-order valence-electron chi connectivity index (χ2n) is 4.22. The number of aromatic amines is 1. The van der Waals surface area contributed by atoms with Crippen LogP contribution in [0.4, 0.5) is 0 Å². The van der Waals surface area contributed by atoms with E-state index in [9.17, 15) is 4.79 Å². The summed E-state index contributed by atoms with van der Waals surface area (Å²) in [6.45, 7) is 5.28. The molecule has 0 unspecified atom stereocenters. The second-order valence-corrected chi connectivity index (χ2v) is 4.22. The van der Waals surface area contributed by atoms with Crippen molar-refractivity contribution in [3.8, 4) is 0 Å². The molecule has 0 saturated heterocycles. The van der Waals surface area contributed by atoms with E-state index in [4.69, 9.17) is 14.8 Å². The summed E-state index contributed by atoms with van der Waals surface area (Å²) in [5.74, 6) is -0.519. The van der Waals surface area contributed by atoms with E-state index in [1.54, 1.807) is 20.8 Å². The Morgan fingerprint density at radius 2 is 2.07 bits per heavy atom. The first-order valence-corrected chi connectivity index (χ1v) is 4.57. The number of aromatic nitrogens is 1. The molecule has 0 saturated carbocycles. The average molecular weight is 211 g/mol. The van der Waals surface area contributed by atoms with Gasteiger partial charge in [0, 0.05) is 11.7 Å². The third kappa shape index (κ3) is 3.41. The number of ether oxygens (including phenoxy) is 1. The maximum Gasteiger partial charge on any atom is 0.490 e. The van der Waals surface area contributed by atoms with Crippen LogP contribution in [0.15, 0.2) is 12.3 Å². The van der Waals surface area contributed by atoms with Crippen LogP contribution in [-0.2, 0) is 4.74 Å². The van der Waals surface area contributed by atoms with E-state index in [-0.39, 0.29) is 11.2 Å². The zero-order chi connectivity index (χ0) is 11.6. The Bertz CT molecular complexity index is 353. The van der Waals surface area contributed by atoms with Crippen LogP contribution in [0.2, 0.25) is 0 Å². The van der Waals surface area contributed by atoms with Gasteiger partial charge in [0.25, 0.3) is 0 Å². The SMILES string of the molecule is CC(C)(C)OC(=O)c1cc(B(O)O)c[nH]1. The molecule has 1 heterocycles. The summed E-state index contributed by atoms with van der Waals surface area (Å²) in [4.78, 5) is 14.1. The summed E-state index contributed by atoms with van der Waals surface area (Å²) in [5, 5.41) is 17.7. The Morgan fingerprint density at radius 1 is 1.47 bits per heavy atom. The predicted octanol–water partition coefficient (Wildman–Crippen LogP) is -0.350. The Morgan fingerprint density at radius 3 is 2.47 bits per heavy atom. The molecular formula is C9H14BNO4. The fraction of sp³-hybridized carbons (Fsp3) is 0.444. The van der Waals surface area contributed by atoms with Crippen LogP contribution >= 0.6 is 0 Å². The molecular weight excluding hydrogens is 197 g/mol. The quantitative estimate of drug-likeness (QED) is 0.461. The fourth-order valence-corrected chi connectivity index (χ4v) is 1.01. The number of hydrogen-bond acceptors (Lipinski definition) is 4. The maximum atomic E-state index is 11.5. The monoisotopic (exact) mass is 211 g/mol. The van der Waals surface area contributed by atoms with Crippen molar-refractivity contribution in [1.82, 2.24) is 4.98 Å². The molecule has 0 spiro atoms. The first kappa shape index (κ1) is 11.8. The molecule has 6 heteroatoms. The Kier molecular flexibility index (Phi) is 3.21. The van der Waals surface area contributed by atoms with Crippen molar-refractivity contribution in [3.05, 3.63) is 18.0 Å². The highest BCUT2D eigenvalue weighted by atomic mass is 16.6. The molecule has 0 aromatic carbocycles. The topological polar surface area (TPSA) is 82.6 Å². The Labute approximate surface area is 88.2 Å². The summed E-state index contributed by atoms with van der Waals surface area (Å²) in [5.41, 5.74) is -0.135. The number of H-pyrrole nitrogens is 1. The van der Waals surface area contributed by atoms with Crippen molar-refractivity contribution >= 4 is 18.6 Å². The highest BCUT2D eigenvalue weighted by molar-refractivity contribution is 6.58. The minimum atomic E-state index is -1.59. The molecule has 0 aliphatic rings. The lowest BCUT2D eigenvalue weighted by Crippen LogP contribution is -2.28. The minimum absolute atomic E-state index is 0.202. The summed E-state index contributed by atoms with van der Waals surface area (Å²) >= 11 is 0. The van der Waals surface area contributed by atoms with Gasteiger partial charge in [0.2, 0.25) is 0 Å². The van der Waals surface area contributed by atoms with Crippen LogP contribution < -0.4 is 5.46 Å². The van der Waals surface area contributed by atoms with E-state index in [0.29, 0.717) is 0 Å².